The fraction of sp³-hybridized carbons (Fsp3) is 0.0270. The van der Waals surface area contributed by atoms with Crippen molar-refractivity contribution in [3.8, 4) is 11.1 Å². The first kappa shape index (κ1) is 22.3. The van der Waals surface area contributed by atoms with Crippen molar-refractivity contribution in [3.63, 3.8) is 0 Å². The van der Waals surface area contributed by atoms with Gasteiger partial charge in [0.25, 0.3) is 0 Å². The molecule has 1 nitrogen and oxygen atoms in total. The molecule has 0 bridgehead atoms. The molecule has 0 aliphatic heterocycles. The molecule has 0 amide bonds. The Morgan fingerprint density at radius 3 is 1.63 bits per heavy atom. The normalized spacial score (nSPS) is 11.3. The van der Waals surface area contributed by atoms with E-state index in [9.17, 15) is 0 Å². The zero-order chi connectivity index (χ0) is 25.5. The monoisotopic (exact) mass is 485 g/mol. The Labute approximate surface area is 223 Å². The van der Waals surface area contributed by atoms with E-state index in [1.54, 1.807) is 0 Å². The van der Waals surface area contributed by atoms with E-state index in [1.165, 1.54) is 54.7 Å². The number of nitrogens with zero attached hydrogens (tertiary/aromatic N) is 1. The van der Waals surface area contributed by atoms with Gasteiger partial charge >= 0.3 is 0 Å². The Morgan fingerprint density at radius 1 is 0.421 bits per heavy atom. The van der Waals surface area contributed by atoms with Crippen LogP contribution < -0.4 is 4.90 Å². The van der Waals surface area contributed by atoms with Gasteiger partial charge in [-0.1, -0.05) is 127 Å². The lowest BCUT2D eigenvalue weighted by molar-refractivity contribution is 1.32. The van der Waals surface area contributed by atoms with Gasteiger partial charge in [-0.25, -0.2) is 0 Å². The first-order valence-electron chi connectivity index (χ1n) is 13.1. The molecule has 0 aliphatic rings. The number of fused-ring (bicyclic) bond motifs is 3. The van der Waals surface area contributed by atoms with E-state index in [-0.39, 0.29) is 0 Å². The number of hydrogen-bond acceptors (Lipinski definition) is 1. The number of hydrogen-bond donors (Lipinski definition) is 0. The summed E-state index contributed by atoms with van der Waals surface area (Å²) in [6, 6.07) is 52.7. The van der Waals surface area contributed by atoms with Crippen LogP contribution in [0.25, 0.3) is 43.4 Å². The molecule has 38 heavy (non-hydrogen) atoms. The summed E-state index contributed by atoms with van der Waals surface area (Å²) >= 11 is 0. The predicted octanol–water partition coefficient (Wildman–Crippen LogP) is 10.6. The van der Waals surface area contributed by atoms with Crippen LogP contribution in [0.3, 0.4) is 0 Å². The van der Waals surface area contributed by atoms with E-state index in [0.717, 1.165) is 11.4 Å². The van der Waals surface area contributed by atoms with Gasteiger partial charge in [0.1, 0.15) is 0 Å². The molecule has 1 heteroatoms. The van der Waals surface area contributed by atoms with Gasteiger partial charge < -0.3 is 4.90 Å². The molecule has 0 spiro atoms. The predicted molar refractivity (Wildman–Crippen MR) is 164 cm³/mol. The second-order valence-electron chi connectivity index (χ2n) is 9.88. The minimum absolute atomic E-state index is 1.14. The molecule has 0 N–H and O–H groups in total. The van der Waals surface area contributed by atoms with E-state index in [2.05, 4.69) is 157 Å². The maximum atomic E-state index is 2.43. The molecule has 180 valence electrons. The minimum atomic E-state index is 1.14. The van der Waals surface area contributed by atoms with Crippen molar-refractivity contribution in [1.29, 1.82) is 0 Å². The van der Waals surface area contributed by atoms with Crippen molar-refractivity contribution in [2.75, 3.05) is 4.90 Å². The average Bonchev–Trinajstić information content (AvgIpc) is 2.98. The highest BCUT2D eigenvalue weighted by molar-refractivity contribution is 6.22. The molecule has 7 rings (SSSR count). The number of rotatable bonds is 4. The molecule has 0 saturated heterocycles. The third-order valence-corrected chi connectivity index (χ3v) is 7.47. The largest absolute Gasteiger partial charge is 0.309 e. The molecular weight excluding hydrogens is 458 g/mol. The van der Waals surface area contributed by atoms with Crippen LogP contribution >= 0.6 is 0 Å². The maximum Gasteiger partial charge on any atom is 0.0618 e. The molecular formula is C37H27N. The number of benzene rings is 7. The highest BCUT2D eigenvalue weighted by atomic mass is 15.1. The second kappa shape index (κ2) is 9.21. The summed E-state index contributed by atoms with van der Waals surface area (Å²) < 4.78 is 0. The zero-order valence-electron chi connectivity index (χ0n) is 21.3. The van der Waals surface area contributed by atoms with Crippen molar-refractivity contribution in [2.24, 2.45) is 0 Å². The van der Waals surface area contributed by atoms with Gasteiger partial charge in [-0.05, 0) is 63.9 Å². The molecule has 0 atom stereocenters. The lowest BCUT2D eigenvalue weighted by Crippen LogP contribution is -2.11. The number of aryl methyl sites for hydroxylation is 1. The third-order valence-electron chi connectivity index (χ3n) is 7.47. The molecule has 0 heterocycles. The highest BCUT2D eigenvalue weighted by Crippen LogP contribution is 2.48. The molecule has 7 aromatic carbocycles. The van der Waals surface area contributed by atoms with Crippen molar-refractivity contribution in [3.05, 3.63) is 151 Å². The van der Waals surface area contributed by atoms with Gasteiger partial charge in [0.2, 0.25) is 0 Å². The topological polar surface area (TPSA) is 3.24 Å². The zero-order valence-corrected chi connectivity index (χ0v) is 21.3. The van der Waals surface area contributed by atoms with Crippen LogP contribution in [0.2, 0.25) is 0 Å². The van der Waals surface area contributed by atoms with Crippen molar-refractivity contribution in [2.45, 2.75) is 6.92 Å². The smallest absolute Gasteiger partial charge is 0.0618 e. The summed E-state index contributed by atoms with van der Waals surface area (Å²) in [5.41, 5.74) is 7.28. The third kappa shape index (κ3) is 3.72. The average molecular weight is 486 g/mol. The van der Waals surface area contributed by atoms with E-state index in [0.29, 0.717) is 0 Å². The quantitative estimate of drug-likeness (QED) is 0.224. The first-order valence-corrected chi connectivity index (χ1v) is 13.1. The van der Waals surface area contributed by atoms with E-state index in [1.807, 2.05) is 0 Å². The van der Waals surface area contributed by atoms with Crippen LogP contribution in [-0.4, -0.2) is 0 Å². The summed E-state index contributed by atoms with van der Waals surface area (Å²) in [6.07, 6.45) is 0. The standard InChI is InChI=1S/C37H27N/c1-26-19-21-28(22-20-26)36-32-15-7-9-17-34(32)37(35-18-10-8-16-33(35)36)38(30-13-3-2-4-14-30)31-24-23-27-11-5-6-12-29(27)25-31/h2-25H,1H3. The molecule has 7 aromatic rings. The fourth-order valence-electron chi connectivity index (χ4n) is 5.68. The summed E-state index contributed by atoms with van der Waals surface area (Å²) in [4.78, 5) is 2.43. The second-order valence-corrected chi connectivity index (χ2v) is 9.88. The molecule has 0 unspecified atom stereocenters. The summed E-state index contributed by atoms with van der Waals surface area (Å²) in [5, 5.41) is 7.46. The van der Waals surface area contributed by atoms with Crippen LogP contribution in [0, 0.1) is 6.92 Å². The van der Waals surface area contributed by atoms with Gasteiger partial charge in [-0.3, -0.25) is 0 Å². The molecule has 0 radical (unpaired) electrons. The van der Waals surface area contributed by atoms with E-state index in [4.69, 9.17) is 0 Å². The SMILES string of the molecule is Cc1ccc(-c2c3ccccc3c(N(c3ccccc3)c3ccc4ccccc4c3)c3ccccc23)cc1. The van der Waals surface area contributed by atoms with Gasteiger partial charge in [-0.2, -0.15) is 0 Å². The lowest BCUT2D eigenvalue weighted by atomic mass is 9.89. The van der Waals surface area contributed by atoms with Gasteiger partial charge in [0, 0.05) is 22.1 Å². The Hall–Kier alpha value is -4.88. The molecule has 0 aromatic heterocycles. The number of para-hydroxylation sites is 1. The number of anilines is 3. The fourth-order valence-corrected chi connectivity index (χ4v) is 5.68. The van der Waals surface area contributed by atoms with Gasteiger partial charge in [0.15, 0.2) is 0 Å². The van der Waals surface area contributed by atoms with E-state index >= 15 is 0 Å². The maximum absolute atomic E-state index is 2.43. The van der Waals surface area contributed by atoms with Crippen molar-refractivity contribution in [1.82, 2.24) is 0 Å². The summed E-state index contributed by atoms with van der Waals surface area (Å²) in [5.74, 6) is 0. The van der Waals surface area contributed by atoms with Crippen LogP contribution in [-0.2, 0) is 0 Å². The van der Waals surface area contributed by atoms with Crippen LogP contribution in [0.15, 0.2) is 146 Å². The minimum Gasteiger partial charge on any atom is -0.309 e. The Balaban J connectivity index is 1.61. The van der Waals surface area contributed by atoms with Crippen LogP contribution in [0.4, 0.5) is 17.1 Å². The Morgan fingerprint density at radius 2 is 0.974 bits per heavy atom. The lowest BCUT2D eigenvalue weighted by Gasteiger charge is -2.29. The van der Waals surface area contributed by atoms with Gasteiger partial charge in [-0.15, -0.1) is 0 Å². The first-order chi connectivity index (χ1) is 18.8. The van der Waals surface area contributed by atoms with Crippen molar-refractivity contribution >= 4 is 49.4 Å². The van der Waals surface area contributed by atoms with E-state index < -0.39 is 0 Å². The Kier molecular flexibility index (Phi) is 5.41. The summed E-state index contributed by atoms with van der Waals surface area (Å²) in [7, 11) is 0. The molecule has 0 saturated carbocycles. The highest BCUT2D eigenvalue weighted by Gasteiger charge is 2.22. The summed E-state index contributed by atoms with van der Waals surface area (Å²) in [6.45, 7) is 2.14. The van der Waals surface area contributed by atoms with Gasteiger partial charge in [0.05, 0.1) is 5.69 Å². The van der Waals surface area contributed by atoms with Crippen LogP contribution in [0.1, 0.15) is 5.56 Å². The Bertz CT molecular complexity index is 1860. The van der Waals surface area contributed by atoms with Crippen molar-refractivity contribution < 1.29 is 0 Å². The molecule has 0 aliphatic carbocycles. The molecule has 0 fully saturated rings. The van der Waals surface area contributed by atoms with Crippen LogP contribution in [0.5, 0.6) is 0 Å².